The number of aldehydes is 1. The number of hydrogen-bond donors (Lipinski definition) is 1. The van der Waals surface area contributed by atoms with E-state index in [4.69, 9.17) is 9.47 Å². The molecule has 166 valence electrons. The van der Waals surface area contributed by atoms with Crippen molar-refractivity contribution >= 4 is 34.2 Å². The third-order valence-electron chi connectivity index (χ3n) is 4.50. The summed E-state index contributed by atoms with van der Waals surface area (Å²) in [5.74, 6) is 0.205. The summed E-state index contributed by atoms with van der Waals surface area (Å²) in [6.45, 7) is 11.0. The summed E-state index contributed by atoms with van der Waals surface area (Å²) < 4.78 is 12.0. The number of rotatable bonds is 5. The van der Waals surface area contributed by atoms with Crippen molar-refractivity contribution in [3.05, 3.63) is 22.9 Å². The Labute approximate surface area is 185 Å². The minimum absolute atomic E-state index is 0.233. The number of nitrogens with one attached hydrogen (secondary N) is 1. The number of nitrogens with zero attached hydrogens (tertiary/aromatic N) is 2. The van der Waals surface area contributed by atoms with Crippen LogP contribution in [0.25, 0.3) is 0 Å². The summed E-state index contributed by atoms with van der Waals surface area (Å²) in [5.41, 5.74) is -1.28. The van der Waals surface area contributed by atoms with E-state index in [-0.39, 0.29) is 18.6 Å². The van der Waals surface area contributed by atoms with Gasteiger partial charge in [0, 0.05) is 17.1 Å². The van der Waals surface area contributed by atoms with E-state index in [9.17, 15) is 14.4 Å². The van der Waals surface area contributed by atoms with Crippen molar-refractivity contribution in [1.82, 2.24) is 15.2 Å². The molecular formula is C21H30BrN3O5. The molecule has 1 N–H and O–H groups in total. The zero-order valence-electron chi connectivity index (χ0n) is 18.3. The summed E-state index contributed by atoms with van der Waals surface area (Å²) in [5, 5.41) is 2.68. The molecule has 0 radical (unpaired) electrons. The lowest BCUT2D eigenvalue weighted by molar-refractivity contribution is -0.139. The molecule has 0 bridgehead atoms. The van der Waals surface area contributed by atoms with E-state index in [1.54, 1.807) is 39.2 Å². The minimum Gasteiger partial charge on any atom is -0.487 e. The first-order valence-electron chi connectivity index (χ1n) is 9.82. The van der Waals surface area contributed by atoms with Gasteiger partial charge in [0.15, 0.2) is 0 Å². The molecule has 9 heteroatoms. The van der Waals surface area contributed by atoms with Crippen molar-refractivity contribution in [2.24, 2.45) is 5.41 Å². The molecule has 2 rings (SSSR count). The van der Waals surface area contributed by atoms with Gasteiger partial charge in [-0.2, -0.15) is 0 Å². The van der Waals surface area contributed by atoms with Crippen molar-refractivity contribution in [3.63, 3.8) is 0 Å². The first-order valence-corrected chi connectivity index (χ1v) is 10.6. The Kier molecular flexibility index (Phi) is 7.49. The quantitative estimate of drug-likeness (QED) is 0.644. The van der Waals surface area contributed by atoms with Gasteiger partial charge in [-0.1, -0.05) is 20.8 Å². The fourth-order valence-electron chi connectivity index (χ4n) is 3.18. The van der Waals surface area contributed by atoms with Crippen molar-refractivity contribution in [2.75, 3.05) is 6.54 Å². The van der Waals surface area contributed by atoms with Crippen LogP contribution in [-0.2, 0) is 14.3 Å². The van der Waals surface area contributed by atoms with Gasteiger partial charge in [-0.05, 0) is 48.2 Å². The second-order valence-corrected chi connectivity index (χ2v) is 10.4. The predicted molar refractivity (Wildman–Crippen MR) is 115 cm³/mol. The molecule has 1 aliphatic heterocycles. The summed E-state index contributed by atoms with van der Waals surface area (Å²) in [7, 11) is 0. The zero-order valence-corrected chi connectivity index (χ0v) is 19.9. The molecule has 0 saturated carbocycles. The number of alkyl carbamates (subject to hydrolysis) is 1. The number of carbonyl (C=O) groups excluding carboxylic acids is 3. The van der Waals surface area contributed by atoms with Gasteiger partial charge in [0.05, 0.1) is 18.8 Å². The molecule has 8 nitrogen and oxygen atoms in total. The van der Waals surface area contributed by atoms with Crippen LogP contribution in [0.4, 0.5) is 4.79 Å². The lowest BCUT2D eigenvalue weighted by Gasteiger charge is -2.35. The summed E-state index contributed by atoms with van der Waals surface area (Å²) >= 11 is 3.34. The SMILES string of the molecule is CC(C)(C)OC(=O)NC(C(=O)N1C[C@H](Oc2cncc(Br)c2)C[C@H]1C=O)C(C)(C)C. The van der Waals surface area contributed by atoms with Gasteiger partial charge in [-0.25, -0.2) is 4.79 Å². The topological polar surface area (TPSA) is 97.8 Å². The number of pyridine rings is 1. The summed E-state index contributed by atoms with van der Waals surface area (Å²) in [4.78, 5) is 42.9. The maximum atomic E-state index is 13.3. The van der Waals surface area contributed by atoms with Gasteiger partial charge in [-0.3, -0.25) is 9.78 Å². The van der Waals surface area contributed by atoms with E-state index in [1.807, 2.05) is 20.8 Å². The minimum atomic E-state index is -0.860. The van der Waals surface area contributed by atoms with E-state index in [2.05, 4.69) is 26.2 Å². The smallest absolute Gasteiger partial charge is 0.408 e. The van der Waals surface area contributed by atoms with E-state index in [0.717, 1.165) is 10.8 Å². The van der Waals surface area contributed by atoms with Gasteiger partial charge in [0.1, 0.15) is 29.8 Å². The Morgan fingerprint density at radius 2 is 1.93 bits per heavy atom. The fourth-order valence-corrected chi connectivity index (χ4v) is 3.53. The van der Waals surface area contributed by atoms with Crippen LogP contribution in [0, 0.1) is 5.41 Å². The third kappa shape index (κ3) is 6.68. The molecule has 1 saturated heterocycles. The van der Waals surface area contributed by atoms with Gasteiger partial charge >= 0.3 is 6.09 Å². The van der Waals surface area contributed by atoms with Gasteiger partial charge in [0.25, 0.3) is 0 Å². The largest absolute Gasteiger partial charge is 0.487 e. The molecular weight excluding hydrogens is 454 g/mol. The average Bonchev–Trinajstić information content (AvgIpc) is 2.99. The van der Waals surface area contributed by atoms with Crippen LogP contribution >= 0.6 is 15.9 Å². The molecule has 1 fully saturated rings. The van der Waals surface area contributed by atoms with E-state index in [1.165, 1.54) is 4.90 Å². The Balaban J connectivity index is 2.15. The Morgan fingerprint density at radius 1 is 1.27 bits per heavy atom. The summed E-state index contributed by atoms with van der Waals surface area (Å²) in [6, 6.07) is 0.282. The molecule has 0 aromatic carbocycles. The van der Waals surface area contributed by atoms with Gasteiger partial charge in [-0.15, -0.1) is 0 Å². The average molecular weight is 484 g/mol. The molecule has 1 aromatic rings. The van der Waals surface area contributed by atoms with Crippen LogP contribution in [0.2, 0.25) is 0 Å². The van der Waals surface area contributed by atoms with Gasteiger partial charge < -0.3 is 24.5 Å². The first kappa shape index (κ1) is 24.1. The van der Waals surface area contributed by atoms with Crippen LogP contribution < -0.4 is 10.1 Å². The molecule has 0 spiro atoms. The van der Waals surface area contributed by atoms with Crippen LogP contribution in [0.1, 0.15) is 48.0 Å². The lowest BCUT2D eigenvalue weighted by Crippen LogP contribution is -2.56. The second-order valence-electron chi connectivity index (χ2n) is 9.45. The molecule has 2 amide bonds. The molecule has 1 aromatic heterocycles. The third-order valence-corrected chi connectivity index (χ3v) is 4.94. The number of hydrogen-bond acceptors (Lipinski definition) is 6. The number of likely N-dealkylation sites (tertiary alicyclic amines) is 1. The van der Waals surface area contributed by atoms with E-state index < -0.39 is 29.2 Å². The maximum absolute atomic E-state index is 13.3. The lowest BCUT2D eigenvalue weighted by atomic mass is 9.85. The Bertz CT molecular complexity index is 788. The number of ether oxygens (including phenoxy) is 2. The van der Waals surface area contributed by atoms with E-state index in [0.29, 0.717) is 12.2 Å². The number of aromatic nitrogens is 1. The standard InChI is InChI=1S/C21H30BrN3O5/c1-20(2,3)17(24-19(28)30-21(4,5)6)18(27)25-11-16(8-14(25)12-26)29-15-7-13(22)9-23-10-15/h7,9-10,12,14,16-17H,8,11H2,1-6H3,(H,24,28)/t14-,16+,17?/m0/s1. The van der Waals surface area contributed by atoms with E-state index >= 15 is 0 Å². The molecule has 30 heavy (non-hydrogen) atoms. The Morgan fingerprint density at radius 3 is 2.47 bits per heavy atom. The highest BCUT2D eigenvalue weighted by molar-refractivity contribution is 9.10. The highest BCUT2D eigenvalue weighted by atomic mass is 79.9. The van der Waals surface area contributed by atoms with Crippen LogP contribution in [0.3, 0.4) is 0 Å². The zero-order chi connectivity index (χ0) is 22.7. The van der Waals surface area contributed by atoms with Crippen molar-refractivity contribution in [3.8, 4) is 5.75 Å². The Hall–Kier alpha value is -2.16. The van der Waals surface area contributed by atoms with Crippen LogP contribution in [0.15, 0.2) is 22.9 Å². The second kappa shape index (κ2) is 9.32. The molecule has 1 aliphatic rings. The number of amides is 2. The molecule has 3 atom stereocenters. The monoisotopic (exact) mass is 483 g/mol. The summed E-state index contributed by atoms with van der Waals surface area (Å²) in [6.07, 6.45) is 3.29. The highest BCUT2D eigenvalue weighted by Crippen LogP contribution is 2.28. The predicted octanol–water partition coefficient (Wildman–Crippen LogP) is 3.33. The van der Waals surface area contributed by atoms with Crippen molar-refractivity contribution in [2.45, 2.75) is 71.8 Å². The van der Waals surface area contributed by atoms with Crippen molar-refractivity contribution < 1.29 is 23.9 Å². The maximum Gasteiger partial charge on any atom is 0.408 e. The first-order chi connectivity index (χ1) is 13.8. The highest BCUT2D eigenvalue weighted by Gasteiger charge is 2.43. The normalized spacial score (nSPS) is 20.4. The van der Waals surface area contributed by atoms with Crippen LogP contribution in [0.5, 0.6) is 5.75 Å². The fraction of sp³-hybridized carbons (Fsp3) is 0.619. The number of halogens is 1. The van der Waals surface area contributed by atoms with Gasteiger partial charge in [0.2, 0.25) is 5.91 Å². The molecule has 2 heterocycles. The number of carbonyl (C=O) groups is 3. The van der Waals surface area contributed by atoms with Crippen molar-refractivity contribution in [1.29, 1.82) is 0 Å². The molecule has 1 unspecified atom stereocenters. The molecule has 0 aliphatic carbocycles. The van der Waals surface area contributed by atoms with Crippen LogP contribution in [-0.4, -0.2) is 58.5 Å².